The zero-order chi connectivity index (χ0) is 16.9. The predicted molar refractivity (Wildman–Crippen MR) is 92.9 cm³/mol. The van der Waals surface area contributed by atoms with Gasteiger partial charge >= 0.3 is 0 Å². The van der Waals surface area contributed by atoms with Gasteiger partial charge in [0.2, 0.25) is 11.8 Å². The minimum Gasteiger partial charge on any atom is -0.344 e. The van der Waals surface area contributed by atoms with E-state index in [4.69, 9.17) is 11.6 Å². The van der Waals surface area contributed by atoms with Gasteiger partial charge in [0.05, 0.1) is 0 Å². The maximum absolute atomic E-state index is 12.5. The van der Waals surface area contributed by atoms with Gasteiger partial charge in [0.25, 0.3) is 0 Å². The van der Waals surface area contributed by atoms with Crippen molar-refractivity contribution < 1.29 is 9.59 Å². The summed E-state index contributed by atoms with van der Waals surface area (Å²) in [6.07, 6.45) is 5.02. The summed E-state index contributed by atoms with van der Waals surface area (Å²) in [6.45, 7) is 0.593. The molecule has 0 saturated carbocycles. The number of anilines is 1. The number of carbonyl (C=O) groups excluding carboxylic acids is 2. The van der Waals surface area contributed by atoms with Crippen LogP contribution < -0.4 is 10.2 Å². The van der Waals surface area contributed by atoms with E-state index >= 15 is 0 Å². The first-order valence-electron chi connectivity index (χ1n) is 7.89. The van der Waals surface area contributed by atoms with Crippen LogP contribution in [0.15, 0.2) is 48.8 Å². The number of hydrogen-bond donors (Lipinski definition) is 1. The van der Waals surface area contributed by atoms with Gasteiger partial charge in [-0.05, 0) is 54.8 Å². The van der Waals surface area contributed by atoms with Crippen LogP contribution in [0.2, 0.25) is 5.02 Å². The number of hydrogen-bond acceptors (Lipinski definition) is 3. The SMILES string of the molecule is O=C(CCc1ccncc1)N[C@H]1CCN(c2ccc(Cl)cc2)C1=O. The second-order valence-electron chi connectivity index (χ2n) is 5.73. The molecule has 1 N–H and O–H groups in total. The number of carbonyl (C=O) groups is 2. The summed E-state index contributed by atoms with van der Waals surface area (Å²) in [5, 5.41) is 3.47. The molecule has 3 rings (SSSR count). The third-order valence-corrected chi connectivity index (χ3v) is 4.32. The number of nitrogens with zero attached hydrogens (tertiary/aromatic N) is 2. The van der Waals surface area contributed by atoms with Crippen molar-refractivity contribution in [1.82, 2.24) is 10.3 Å². The Morgan fingerprint density at radius 2 is 1.92 bits per heavy atom. The van der Waals surface area contributed by atoms with Gasteiger partial charge in [0.15, 0.2) is 0 Å². The zero-order valence-electron chi connectivity index (χ0n) is 13.1. The van der Waals surface area contributed by atoms with Gasteiger partial charge in [-0.3, -0.25) is 14.6 Å². The van der Waals surface area contributed by atoms with E-state index in [0.29, 0.717) is 30.8 Å². The van der Waals surface area contributed by atoms with Crippen LogP contribution in [0, 0.1) is 0 Å². The molecule has 6 heteroatoms. The van der Waals surface area contributed by atoms with Crippen molar-refractivity contribution in [2.24, 2.45) is 0 Å². The van der Waals surface area contributed by atoms with Gasteiger partial charge in [-0.1, -0.05) is 11.6 Å². The van der Waals surface area contributed by atoms with E-state index in [-0.39, 0.29) is 11.8 Å². The van der Waals surface area contributed by atoms with Crippen LogP contribution in [-0.4, -0.2) is 29.4 Å². The summed E-state index contributed by atoms with van der Waals surface area (Å²) in [4.78, 5) is 30.2. The van der Waals surface area contributed by atoms with Gasteiger partial charge in [0.1, 0.15) is 6.04 Å². The maximum atomic E-state index is 12.5. The normalized spacial score (nSPS) is 17.1. The lowest BCUT2D eigenvalue weighted by Crippen LogP contribution is -2.41. The average Bonchev–Trinajstić information content (AvgIpc) is 2.95. The lowest BCUT2D eigenvalue weighted by molar-refractivity contribution is -0.126. The van der Waals surface area contributed by atoms with Gasteiger partial charge in [-0.25, -0.2) is 0 Å². The average molecular weight is 344 g/mol. The number of pyridine rings is 1. The highest BCUT2D eigenvalue weighted by Crippen LogP contribution is 2.23. The number of aryl methyl sites for hydroxylation is 1. The first-order chi connectivity index (χ1) is 11.6. The van der Waals surface area contributed by atoms with E-state index in [1.807, 2.05) is 24.3 Å². The summed E-state index contributed by atoms with van der Waals surface area (Å²) in [5.74, 6) is -0.183. The Bertz CT molecular complexity index is 719. The second kappa shape index (κ2) is 7.45. The maximum Gasteiger partial charge on any atom is 0.249 e. The van der Waals surface area contributed by atoms with E-state index < -0.39 is 6.04 Å². The first kappa shape index (κ1) is 16.5. The minimum atomic E-state index is -0.453. The van der Waals surface area contributed by atoms with Gasteiger partial charge in [-0.15, -0.1) is 0 Å². The Morgan fingerprint density at radius 1 is 1.21 bits per heavy atom. The number of aromatic nitrogens is 1. The smallest absolute Gasteiger partial charge is 0.249 e. The molecule has 0 spiro atoms. The fourth-order valence-electron chi connectivity index (χ4n) is 2.77. The minimum absolute atomic E-state index is 0.0745. The van der Waals surface area contributed by atoms with Crippen LogP contribution in [0.4, 0.5) is 5.69 Å². The highest BCUT2D eigenvalue weighted by atomic mass is 35.5. The van der Waals surface area contributed by atoms with Crippen molar-refractivity contribution in [1.29, 1.82) is 0 Å². The lowest BCUT2D eigenvalue weighted by Gasteiger charge is -2.17. The number of rotatable bonds is 5. The molecule has 24 heavy (non-hydrogen) atoms. The fourth-order valence-corrected chi connectivity index (χ4v) is 2.89. The quantitative estimate of drug-likeness (QED) is 0.907. The third-order valence-electron chi connectivity index (χ3n) is 4.07. The number of amides is 2. The molecular formula is C18H18ClN3O2. The monoisotopic (exact) mass is 343 g/mol. The molecule has 0 unspecified atom stereocenters. The van der Waals surface area contributed by atoms with E-state index in [9.17, 15) is 9.59 Å². The predicted octanol–water partition coefficient (Wildman–Crippen LogP) is 2.59. The molecule has 1 atom stereocenters. The molecule has 0 aliphatic carbocycles. The fraction of sp³-hybridized carbons (Fsp3) is 0.278. The van der Waals surface area contributed by atoms with Gasteiger partial charge in [0, 0.05) is 36.1 Å². The summed E-state index contributed by atoms with van der Waals surface area (Å²) >= 11 is 5.87. The molecule has 1 aliphatic heterocycles. The molecule has 1 aromatic heterocycles. The van der Waals surface area contributed by atoms with E-state index in [1.54, 1.807) is 29.4 Å². The van der Waals surface area contributed by atoms with Crippen LogP contribution in [0.25, 0.3) is 0 Å². The van der Waals surface area contributed by atoms with Crippen LogP contribution in [0.5, 0.6) is 0 Å². The lowest BCUT2D eigenvalue weighted by atomic mass is 10.1. The van der Waals surface area contributed by atoms with E-state index in [1.165, 1.54) is 0 Å². The summed E-state index contributed by atoms with van der Waals surface area (Å²) in [7, 11) is 0. The Kier molecular flexibility index (Phi) is 5.11. The van der Waals surface area contributed by atoms with Crippen LogP contribution in [0.1, 0.15) is 18.4 Å². The topological polar surface area (TPSA) is 62.3 Å². The Hall–Kier alpha value is -2.40. The molecule has 1 fully saturated rings. The van der Waals surface area contributed by atoms with Crippen LogP contribution in [0.3, 0.4) is 0 Å². The molecule has 124 valence electrons. The summed E-state index contributed by atoms with van der Waals surface area (Å²) in [6, 6.07) is 10.5. The molecule has 2 aromatic rings. The third kappa shape index (κ3) is 3.92. The number of halogens is 1. The summed E-state index contributed by atoms with van der Waals surface area (Å²) in [5.41, 5.74) is 1.86. The van der Waals surface area contributed by atoms with Crippen LogP contribution in [-0.2, 0) is 16.0 Å². The van der Waals surface area contributed by atoms with Crippen molar-refractivity contribution in [3.8, 4) is 0 Å². The first-order valence-corrected chi connectivity index (χ1v) is 8.26. The summed E-state index contributed by atoms with van der Waals surface area (Å²) < 4.78 is 0. The standard InChI is InChI=1S/C18H18ClN3O2/c19-14-2-4-15(5-3-14)22-12-9-16(18(22)24)21-17(23)6-1-13-7-10-20-11-8-13/h2-5,7-8,10-11,16H,1,6,9,12H2,(H,21,23)/t16-/m0/s1. The second-order valence-corrected chi connectivity index (χ2v) is 6.17. The number of benzene rings is 1. The van der Waals surface area contributed by atoms with Crippen molar-refractivity contribution >= 4 is 29.1 Å². The molecule has 2 amide bonds. The molecule has 0 bridgehead atoms. The van der Waals surface area contributed by atoms with Crippen molar-refractivity contribution in [3.05, 3.63) is 59.4 Å². The zero-order valence-corrected chi connectivity index (χ0v) is 13.9. The van der Waals surface area contributed by atoms with E-state index in [0.717, 1.165) is 11.3 Å². The van der Waals surface area contributed by atoms with E-state index in [2.05, 4.69) is 10.3 Å². The Labute approximate surface area is 145 Å². The highest BCUT2D eigenvalue weighted by molar-refractivity contribution is 6.30. The Morgan fingerprint density at radius 3 is 2.62 bits per heavy atom. The molecule has 0 radical (unpaired) electrons. The number of nitrogens with one attached hydrogen (secondary N) is 1. The van der Waals surface area contributed by atoms with Gasteiger partial charge in [-0.2, -0.15) is 0 Å². The molecular weight excluding hydrogens is 326 g/mol. The highest BCUT2D eigenvalue weighted by Gasteiger charge is 2.33. The van der Waals surface area contributed by atoms with Crippen LogP contribution >= 0.6 is 11.6 Å². The Balaban J connectivity index is 1.53. The molecule has 1 saturated heterocycles. The molecule has 5 nitrogen and oxygen atoms in total. The molecule has 2 heterocycles. The van der Waals surface area contributed by atoms with Crippen molar-refractivity contribution in [2.45, 2.75) is 25.3 Å². The van der Waals surface area contributed by atoms with Gasteiger partial charge < -0.3 is 10.2 Å². The van der Waals surface area contributed by atoms with Crippen molar-refractivity contribution in [3.63, 3.8) is 0 Å². The molecule has 1 aromatic carbocycles. The largest absolute Gasteiger partial charge is 0.344 e. The molecule has 1 aliphatic rings. The van der Waals surface area contributed by atoms with Crippen molar-refractivity contribution in [2.75, 3.05) is 11.4 Å².